The zero-order valence-corrected chi connectivity index (χ0v) is 19.8. The Kier molecular flexibility index (Phi) is 5.83. The van der Waals surface area contributed by atoms with Crippen LogP contribution in [-0.4, -0.2) is 49.1 Å². The number of aromatic nitrogens is 6. The number of aryl methyl sites for hydroxylation is 1. The van der Waals surface area contributed by atoms with E-state index < -0.39 is 5.60 Å². The van der Waals surface area contributed by atoms with Crippen molar-refractivity contribution in [1.82, 2.24) is 29.9 Å². The molecule has 1 fully saturated rings. The standard InChI is InChI=1S/C26H29N7O/c1-18-8-6-9-19(14-18)21-15-22(29-25(28-21)32(2)3)23-17-33(31-30-23)16-20-10-7-11-24(27-20)26(34)12-4-5-13-26/h6-11,14-15,17,34H,4-5,12-13,16H2,1-3H3. The molecular formula is C26H29N7O. The van der Waals surface area contributed by atoms with E-state index in [4.69, 9.17) is 15.0 Å². The maximum Gasteiger partial charge on any atom is 0.225 e. The zero-order valence-electron chi connectivity index (χ0n) is 19.8. The Bertz CT molecular complexity index is 1310. The lowest BCUT2D eigenvalue weighted by molar-refractivity contribution is 0.0397. The Labute approximate surface area is 199 Å². The summed E-state index contributed by atoms with van der Waals surface area (Å²) in [4.78, 5) is 16.0. The molecule has 34 heavy (non-hydrogen) atoms. The van der Waals surface area contributed by atoms with Crippen molar-refractivity contribution in [2.45, 2.75) is 44.8 Å². The van der Waals surface area contributed by atoms with Crippen LogP contribution < -0.4 is 4.90 Å². The van der Waals surface area contributed by atoms with E-state index in [0.717, 1.165) is 48.3 Å². The number of rotatable bonds is 6. The van der Waals surface area contributed by atoms with Gasteiger partial charge < -0.3 is 10.0 Å². The molecule has 1 aliphatic rings. The average molecular weight is 456 g/mol. The van der Waals surface area contributed by atoms with Crippen LogP contribution in [0.2, 0.25) is 0 Å². The predicted octanol–water partition coefficient (Wildman–Crippen LogP) is 3.98. The van der Waals surface area contributed by atoms with Crippen molar-refractivity contribution in [3.05, 3.63) is 71.7 Å². The summed E-state index contributed by atoms with van der Waals surface area (Å²) in [6.07, 6.45) is 5.48. The molecule has 0 atom stereocenters. The molecule has 0 saturated heterocycles. The van der Waals surface area contributed by atoms with Crippen molar-refractivity contribution in [3.63, 3.8) is 0 Å². The monoisotopic (exact) mass is 455 g/mol. The van der Waals surface area contributed by atoms with Crippen molar-refractivity contribution in [2.24, 2.45) is 0 Å². The fourth-order valence-electron chi connectivity index (χ4n) is 4.42. The van der Waals surface area contributed by atoms with Gasteiger partial charge in [0.2, 0.25) is 5.95 Å². The van der Waals surface area contributed by atoms with Crippen molar-refractivity contribution < 1.29 is 5.11 Å². The third kappa shape index (κ3) is 4.54. The molecule has 0 radical (unpaired) electrons. The molecule has 0 spiro atoms. The van der Waals surface area contributed by atoms with E-state index in [1.54, 1.807) is 4.68 Å². The largest absolute Gasteiger partial charge is 0.384 e. The highest BCUT2D eigenvalue weighted by Gasteiger charge is 2.34. The van der Waals surface area contributed by atoms with Gasteiger partial charge in [0.1, 0.15) is 11.3 Å². The quantitative estimate of drug-likeness (QED) is 0.470. The van der Waals surface area contributed by atoms with Crippen molar-refractivity contribution in [1.29, 1.82) is 0 Å². The summed E-state index contributed by atoms with van der Waals surface area (Å²) in [6, 6.07) is 16.0. The van der Waals surface area contributed by atoms with Crippen LogP contribution in [0.5, 0.6) is 0 Å². The second kappa shape index (κ2) is 8.95. The van der Waals surface area contributed by atoms with Gasteiger partial charge in [-0.2, -0.15) is 0 Å². The lowest BCUT2D eigenvalue weighted by Crippen LogP contribution is -2.23. The number of anilines is 1. The van der Waals surface area contributed by atoms with Gasteiger partial charge in [-0.1, -0.05) is 47.9 Å². The van der Waals surface area contributed by atoms with Crippen molar-refractivity contribution in [3.8, 4) is 22.6 Å². The van der Waals surface area contributed by atoms with Crippen LogP contribution in [0.3, 0.4) is 0 Å². The summed E-state index contributed by atoms with van der Waals surface area (Å²) >= 11 is 0. The van der Waals surface area contributed by atoms with Gasteiger partial charge in [-0.05, 0) is 44.0 Å². The SMILES string of the molecule is Cc1cccc(-c2cc(-c3cn(Cc4cccc(C5(O)CCCC5)n4)nn3)nc(N(C)C)n2)c1. The molecule has 3 aromatic heterocycles. The van der Waals surface area contributed by atoms with E-state index >= 15 is 0 Å². The third-order valence-corrected chi connectivity index (χ3v) is 6.27. The van der Waals surface area contributed by atoms with Crippen LogP contribution in [0.1, 0.15) is 42.6 Å². The molecule has 1 saturated carbocycles. The lowest BCUT2D eigenvalue weighted by atomic mass is 9.97. The van der Waals surface area contributed by atoms with Gasteiger partial charge in [-0.3, -0.25) is 4.98 Å². The lowest BCUT2D eigenvalue weighted by Gasteiger charge is -2.21. The highest BCUT2D eigenvalue weighted by atomic mass is 16.3. The van der Waals surface area contributed by atoms with E-state index in [1.165, 1.54) is 5.56 Å². The topological polar surface area (TPSA) is 92.8 Å². The average Bonchev–Trinajstić information content (AvgIpc) is 3.49. The first-order valence-electron chi connectivity index (χ1n) is 11.6. The highest BCUT2D eigenvalue weighted by Crippen LogP contribution is 2.37. The third-order valence-electron chi connectivity index (χ3n) is 6.27. The number of hydrogen-bond donors (Lipinski definition) is 1. The first-order valence-corrected chi connectivity index (χ1v) is 11.6. The van der Waals surface area contributed by atoms with Crippen LogP contribution in [0.15, 0.2) is 54.7 Å². The Morgan fingerprint density at radius 3 is 2.47 bits per heavy atom. The summed E-state index contributed by atoms with van der Waals surface area (Å²) in [6.45, 7) is 2.53. The highest BCUT2D eigenvalue weighted by molar-refractivity contribution is 5.68. The normalized spacial score (nSPS) is 14.9. The molecule has 8 heteroatoms. The Balaban J connectivity index is 1.44. The summed E-state index contributed by atoms with van der Waals surface area (Å²) in [5.74, 6) is 0.614. The van der Waals surface area contributed by atoms with Crippen molar-refractivity contribution >= 4 is 5.95 Å². The van der Waals surface area contributed by atoms with Gasteiger partial charge in [-0.25, -0.2) is 14.6 Å². The van der Waals surface area contributed by atoms with Gasteiger partial charge in [0.25, 0.3) is 0 Å². The van der Waals surface area contributed by atoms with Crippen LogP contribution in [0, 0.1) is 6.92 Å². The fraction of sp³-hybridized carbons (Fsp3) is 0.346. The van der Waals surface area contributed by atoms with Gasteiger partial charge in [-0.15, -0.1) is 5.10 Å². The maximum atomic E-state index is 10.9. The molecule has 1 aliphatic carbocycles. The molecular weight excluding hydrogens is 426 g/mol. The zero-order chi connectivity index (χ0) is 23.7. The minimum absolute atomic E-state index is 0.466. The number of nitrogens with zero attached hydrogens (tertiary/aromatic N) is 7. The minimum atomic E-state index is -0.806. The first-order chi connectivity index (χ1) is 16.4. The van der Waals surface area contributed by atoms with Gasteiger partial charge in [0, 0.05) is 19.7 Å². The van der Waals surface area contributed by atoms with Gasteiger partial charge in [0.05, 0.1) is 35.5 Å². The summed E-state index contributed by atoms with van der Waals surface area (Å²) < 4.78 is 1.75. The van der Waals surface area contributed by atoms with E-state index in [2.05, 4.69) is 29.4 Å². The molecule has 0 amide bonds. The number of benzene rings is 1. The molecule has 5 rings (SSSR count). The van der Waals surface area contributed by atoms with Crippen LogP contribution in [0.4, 0.5) is 5.95 Å². The van der Waals surface area contributed by atoms with E-state index in [0.29, 0.717) is 23.9 Å². The first kappa shape index (κ1) is 22.2. The molecule has 0 bridgehead atoms. The molecule has 0 aliphatic heterocycles. The molecule has 4 aromatic rings. The van der Waals surface area contributed by atoms with E-state index in [1.807, 2.05) is 61.6 Å². The Hall–Kier alpha value is -3.65. The molecule has 8 nitrogen and oxygen atoms in total. The summed E-state index contributed by atoms with van der Waals surface area (Å²) in [5, 5.41) is 19.6. The van der Waals surface area contributed by atoms with E-state index in [-0.39, 0.29) is 0 Å². The number of hydrogen-bond acceptors (Lipinski definition) is 7. The Morgan fingerprint density at radius 2 is 1.71 bits per heavy atom. The maximum absolute atomic E-state index is 10.9. The summed E-state index contributed by atoms with van der Waals surface area (Å²) in [5.41, 5.74) is 5.21. The molecule has 1 aromatic carbocycles. The molecule has 174 valence electrons. The summed E-state index contributed by atoms with van der Waals surface area (Å²) in [7, 11) is 3.85. The Morgan fingerprint density at radius 1 is 0.941 bits per heavy atom. The van der Waals surface area contributed by atoms with Crippen LogP contribution in [-0.2, 0) is 12.1 Å². The van der Waals surface area contributed by atoms with Crippen molar-refractivity contribution in [2.75, 3.05) is 19.0 Å². The minimum Gasteiger partial charge on any atom is -0.384 e. The molecule has 3 heterocycles. The van der Waals surface area contributed by atoms with Crippen LogP contribution >= 0.6 is 0 Å². The number of aliphatic hydroxyl groups is 1. The van der Waals surface area contributed by atoms with Crippen LogP contribution in [0.25, 0.3) is 22.6 Å². The second-order valence-electron chi connectivity index (χ2n) is 9.26. The fourth-order valence-corrected chi connectivity index (χ4v) is 4.42. The number of pyridine rings is 1. The van der Waals surface area contributed by atoms with E-state index in [9.17, 15) is 5.11 Å². The smallest absolute Gasteiger partial charge is 0.225 e. The van der Waals surface area contributed by atoms with Gasteiger partial charge in [0.15, 0.2) is 0 Å². The molecule has 0 unspecified atom stereocenters. The molecule has 1 N–H and O–H groups in total. The second-order valence-corrected chi connectivity index (χ2v) is 9.26. The predicted molar refractivity (Wildman–Crippen MR) is 131 cm³/mol. The van der Waals surface area contributed by atoms with Gasteiger partial charge >= 0.3 is 0 Å².